The maximum Gasteiger partial charge on any atom is 0.0945 e. The minimum Gasteiger partial charge on any atom is -0.385 e. The maximum atomic E-state index is 10.9. The van der Waals surface area contributed by atoms with E-state index in [0.717, 1.165) is 18.7 Å². The molecule has 2 heterocycles. The van der Waals surface area contributed by atoms with E-state index in [2.05, 4.69) is 23.5 Å². The van der Waals surface area contributed by atoms with E-state index in [0.29, 0.717) is 12.8 Å². The van der Waals surface area contributed by atoms with Crippen molar-refractivity contribution in [1.82, 2.24) is 5.32 Å². The highest BCUT2D eigenvalue weighted by atomic mass is 16.5. The van der Waals surface area contributed by atoms with Crippen molar-refractivity contribution >= 4 is 0 Å². The van der Waals surface area contributed by atoms with Crippen LogP contribution in [0.25, 0.3) is 0 Å². The van der Waals surface area contributed by atoms with Crippen LogP contribution in [-0.2, 0) is 23.4 Å². The second kappa shape index (κ2) is 4.34. The summed E-state index contributed by atoms with van der Waals surface area (Å²) >= 11 is 0. The quantitative estimate of drug-likeness (QED) is 0.798. The first kappa shape index (κ1) is 12.2. The highest BCUT2D eigenvalue weighted by Crippen LogP contribution is 2.38. The second-order valence-electron chi connectivity index (χ2n) is 5.78. The molecule has 0 amide bonds. The van der Waals surface area contributed by atoms with Gasteiger partial charge in [-0.05, 0) is 30.5 Å². The number of hydrogen-bond donors (Lipinski definition) is 2. The summed E-state index contributed by atoms with van der Waals surface area (Å²) in [5, 5.41) is 14.3. The molecule has 3 atom stereocenters. The first-order chi connectivity index (χ1) is 8.57. The van der Waals surface area contributed by atoms with Gasteiger partial charge in [0.05, 0.1) is 17.8 Å². The predicted octanol–water partition coefficient (Wildman–Crippen LogP) is 2.06. The minimum absolute atomic E-state index is 0.116. The van der Waals surface area contributed by atoms with Gasteiger partial charge in [-0.1, -0.05) is 18.2 Å². The molecule has 1 saturated heterocycles. The molecule has 3 rings (SSSR count). The Kier molecular flexibility index (Phi) is 2.93. The van der Waals surface area contributed by atoms with E-state index in [1.807, 2.05) is 13.8 Å². The molecule has 2 aliphatic heterocycles. The number of fused-ring (bicyclic) bond motifs is 1. The van der Waals surface area contributed by atoms with Crippen LogP contribution in [0.3, 0.4) is 0 Å². The van der Waals surface area contributed by atoms with Crippen LogP contribution < -0.4 is 5.32 Å². The molecule has 3 nitrogen and oxygen atoms in total. The molecule has 0 spiro atoms. The van der Waals surface area contributed by atoms with Crippen molar-refractivity contribution in [3.8, 4) is 0 Å². The van der Waals surface area contributed by atoms with Gasteiger partial charge in [-0.2, -0.15) is 0 Å². The van der Waals surface area contributed by atoms with E-state index in [9.17, 15) is 5.11 Å². The van der Waals surface area contributed by atoms with Gasteiger partial charge in [0.2, 0.25) is 0 Å². The van der Waals surface area contributed by atoms with Crippen LogP contribution in [0.15, 0.2) is 18.2 Å². The van der Waals surface area contributed by atoms with Crippen molar-refractivity contribution in [3.63, 3.8) is 0 Å². The van der Waals surface area contributed by atoms with Crippen LogP contribution in [0.2, 0.25) is 0 Å². The Morgan fingerprint density at radius 1 is 1.17 bits per heavy atom. The maximum absolute atomic E-state index is 10.9. The number of hydrogen-bond acceptors (Lipinski definition) is 3. The lowest BCUT2D eigenvalue weighted by atomic mass is 9.81. The van der Waals surface area contributed by atoms with Crippen LogP contribution in [0, 0.1) is 0 Å². The third kappa shape index (κ3) is 2.07. The standard InChI is InChI=1S/C15H21NO2/c1-10-6-15(17,7-11(2)18-10)14-4-3-12-8-16-9-13(12)5-14/h3-5,10-11,16-17H,6-9H2,1-2H3/t10-,11+,15?. The number of aliphatic hydroxyl groups is 1. The molecule has 0 aromatic heterocycles. The van der Waals surface area contributed by atoms with Gasteiger partial charge in [-0.3, -0.25) is 0 Å². The van der Waals surface area contributed by atoms with Crippen molar-refractivity contribution in [2.45, 2.75) is 57.6 Å². The molecule has 0 aliphatic carbocycles. The van der Waals surface area contributed by atoms with Gasteiger partial charge in [-0.25, -0.2) is 0 Å². The molecule has 0 radical (unpaired) electrons. The number of nitrogens with one attached hydrogen (secondary N) is 1. The zero-order valence-electron chi connectivity index (χ0n) is 11.1. The van der Waals surface area contributed by atoms with Gasteiger partial charge in [0.25, 0.3) is 0 Å². The smallest absolute Gasteiger partial charge is 0.0945 e. The van der Waals surface area contributed by atoms with Crippen LogP contribution in [0.1, 0.15) is 43.4 Å². The Morgan fingerprint density at radius 3 is 2.56 bits per heavy atom. The molecular weight excluding hydrogens is 226 g/mol. The van der Waals surface area contributed by atoms with Crippen molar-refractivity contribution in [1.29, 1.82) is 0 Å². The van der Waals surface area contributed by atoms with Crippen molar-refractivity contribution in [2.24, 2.45) is 0 Å². The minimum atomic E-state index is -0.727. The molecule has 1 aromatic rings. The topological polar surface area (TPSA) is 41.5 Å². The third-order valence-corrected chi connectivity index (χ3v) is 4.09. The normalized spacial score (nSPS) is 35.5. The summed E-state index contributed by atoms with van der Waals surface area (Å²) in [6.07, 6.45) is 1.60. The van der Waals surface area contributed by atoms with Crippen LogP contribution in [-0.4, -0.2) is 17.3 Å². The largest absolute Gasteiger partial charge is 0.385 e. The van der Waals surface area contributed by atoms with Gasteiger partial charge in [0.1, 0.15) is 0 Å². The van der Waals surface area contributed by atoms with Crippen molar-refractivity contribution in [3.05, 3.63) is 34.9 Å². The third-order valence-electron chi connectivity index (χ3n) is 4.09. The highest BCUT2D eigenvalue weighted by molar-refractivity contribution is 5.37. The molecule has 2 aliphatic rings. The fourth-order valence-electron chi connectivity index (χ4n) is 3.35. The fraction of sp³-hybridized carbons (Fsp3) is 0.600. The van der Waals surface area contributed by atoms with Gasteiger partial charge >= 0.3 is 0 Å². The lowest BCUT2D eigenvalue weighted by molar-refractivity contribution is -0.135. The highest BCUT2D eigenvalue weighted by Gasteiger charge is 2.38. The summed E-state index contributed by atoms with van der Waals surface area (Å²) < 4.78 is 5.72. The molecule has 0 saturated carbocycles. The molecule has 0 bridgehead atoms. The zero-order valence-corrected chi connectivity index (χ0v) is 11.1. The summed E-state index contributed by atoms with van der Waals surface area (Å²) in [4.78, 5) is 0. The molecule has 2 N–H and O–H groups in total. The lowest BCUT2D eigenvalue weighted by Crippen LogP contribution is -2.41. The molecule has 1 aromatic carbocycles. The van der Waals surface area contributed by atoms with E-state index in [4.69, 9.17) is 4.74 Å². The van der Waals surface area contributed by atoms with Gasteiger partial charge < -0.3 is 15.2 Å². The van der Waals surface area contributed by atoms with E-state index in [-0.39, 0.29) is 12.2 Å². The van der Waals surface area contributed by atoms with Crippen molar-refractivity contribution < 1.29 is 9.84 Å². The molecule has 98 valence electrons. The number of rotatable bonds is 1. The molecule has 1 fully saturated rings. The average Bonchev–Trinajstić information content (AvgIpc) is 2.73. The Balaban J connectivity index is 1.93. The van der Waals surface area contributed by atoms with Gasteiger partial charge in [-0.15, -0.1) is 0 Å². The van der Waals surface area contributed by atoms with E-state index in [1.54, 1.807) is 0 Å². The Labute approximate surface area is 108 Å². The second-order valence-corrected chi connectivity index (χ2v) is 5.78. The average molecular weight is 247 g/mol. The first-order valence-electron chi connectivity index (χ1n) is 6.78. The molecule has 3 heteroatoms. The van der Waals surface area contributed by atoms with Crippen LogP contribution in [0.5, 0.6) is 0 Å². The lowest BCUT2D eigenvalue weighted by Gasteiger charge is -2.39. The summed E-state index contributed by atoms with van der Waals surface area (Å²) in [7, 11) is 0. The Bertz CT molecular complexity index is 448. The van der Waals surface area contributed by atoms with Gasteiger partial charge in [0.15, 0.2) is 0 Å². The SMILES string of the molecule is C[C@@H]1CC(O)(c2ccc3c(c2)CNC3)C[C@H](C)O1. The van der Waals surface area contributed by atoms with E-state index < -0.39 is 5.60 Å². The summed E-state index contributed by atoms with van der Waals surface area (Å²) in [5.74, 6) is 0. The predicted molar refractivity (Wildman–Crippen MR) is 70.1 cm³/mol. The van der Waals surface area contributed by atoms with Gasteiger partial charge in [0, 0.05) is 25.9 Å². The first-order valence-corrected chi connectivity index (χ1v) is 6.78. The van der Waals surface area contributed by atoms with Crippen LogP contribution >= 0.6 is 0 Å². The molecule has 1 unspecified atom stereocenters. The zero-order chi connectivity index (χ0) is 12.8. The monoisotopic (exact) mass is 247 g/mol. The number of benzene rings is 1. The van der Waals surface area contributed by atoms with Crippen LogP contribution in [0.4, 0.5) is 0 Å². The van der Waals surface area contributed by atoms with E-state index >= 15 is 0 Å². The summed E-state index contributed by atoms with van der Waals surface area (Å²) in [6.45, 7) is 5.94. The Hall–Kier alpha value is -0.900. The summed E-state index contributed by atoms with van der Waals surface area (Å²) in [6, 6.07) is 6.39. The molecular formula is C15H21NO2. The summed E-state index contributed by atoms with van der Waals surface area (Å²) in [5.41, 5.74) is 3.00. The van der Waals surface area contributed by atoms with Crippen molar-refractivity contribution in [2.75, 3.05) is 0 Å². The molecule has 18 heavy (non-hydrogen) atoms. The fourth-order valence-corrected chi connectivity index (χ4v) is 3.35. The number of ether oxygens (including phenoxy) is 1. The Morgan fingerprint density at radius 2 is 1.83 bits per heavy atom. The van der Waals surface area contributed by atoms with E-state index in [1.165, 1.54) is 11.1 Å².